The molecule has 0 aliphatic carbocycles. The fraction of sp³-hybridized carbons (Fsp3) is 0.111. The van der Waals surface area contributed by atoms with Crippen LogP contribution in [0.25, 0.3) is 33.3 Å². The number of para-hydroxylation sites is 1. The molecule has 0 unspecified atom stereocenters. The van der Waals surface area contributed by atoms with Gasteiger partial charge in [0.2, 0.25) is 0 Å². The molecule has 0 spiro atoms. The van der Waals surface area contributed by atoms with Crippen molar-refractivity contribution in [1.29, 1.82) is 0 Å². The van der Waals surface area contributed by atoms with Crippen LogP contribution < -0.4 is 0 Å². The van der Waals surface area contributed by atoms with Crippen molar-refractivity contribution in [2.24, 2.45) is 0 Å². The second-order valence-corrected chi connectivity index (χ2v) is 7.10. The number of carbonyl (C=O) groups is 1. The van der Waals surface area contributed by atoms with Crippen molar-refractivity contribution in [3.8, 4) is 22.4 Å². The minimum absolute atomic E-state index is 0. The Kier molecular flexibility index (Phi) is 8.87. The van der Waals surface area contributed by atoms with Crippen LogP contribution in [0.15, 0.2) is 90.7 Å². The second-order valence-electron chi connectivity index (χ2n) is 7.10. The Morgan fingerprint density at radius 2 is 1.61 bits per heavy atom. The van der Waals surface area contributed by atoms with Crippen molar-refractivity contribution >= 4 is 16.7 Å². The van der Waals surface area contributed by atoms with E-state index in [1.807, 2.05) is 24.3 Å². The van der Waals surface area contributed by atoms with Gasteiger partial charge < -0.3 is 5.11 Å². The van der Waals surface area contributed by atoms with E-state index in [4.69, 9.17) is 10.1 Å². The van der Waals surface area contributed by atoms with Crippen LogP contribution in [-0.2, 0) is 24.9 Å². The molecule has 0 saturated carbocycles. The van der Waals surface area contributed by atoms with Gasteiger partial charge in [-0.3, -0.25) is 9.78 Å². The average Bonchev–Trinajstić information content (AvgIpc) is 2.73. The standard InChI is InChI=1S/C22H16N.C5H8O2.Ir/c1-16-15-20-9-5-6-10-21(20)23-22(16)19-13-11-18(12-14-19)17-7-3-2-4-8-17;1-4(6)3-5(2)7;/h2-13,15H,1H3;3,6H,1-2H3;/q-1;;. The molecular weight excluding hydrogens is 563 g/mol. The summed E-state index contributed by atoms with van der Waals surface area (Å²) in [7, 11) is 0. The van der Waals surface area contributed by atoms with Gasteiger partial charge in [0.1, 0.15) is 0 Å². The number of benzene rings is 3. The Hall–Kier alpha value is -3.07. The summed E-state index contributed by atoms with van der Waals surface area (Å²) >= 11 is 0. The molecule has 1 N–H and O–H groups in total. The van der Waals surface area contributed by atoms with E-state index in [2.05, 4.69) is 67.6 Å². The largest absolute Gasteiger partial charge is 0.512 e. The minimum Gasteiger partial charge on any atom is -0.512 e. The van der Waals surface area contributed by atoms with E-state index >= 15 is 0 Å². The van der Waals surface area contributed by atoms with Gasteiger partial charge in [-0.25, -0.2) is 0 Å². The molecule has 4 rings (SSSR count). The van der Waals surface area contributed by atoms with E-state index in [0.29, 0.717) is 0 Å². The molecule has 31 heavy (non-hydrogen) atoms. The summed E-state index contributed by atoms with van der Waals surface area (Å²) in [6.07, 6.45) is 1.17. The van der Waals surface area contributed by atoms with Crippen LogP contribution in [0, 0.1) is 13.0 Å². The number of aliphatic hydroxyl groups is 1. The molecular formula is C27H24IrNO2-. The van der Waals surface area contributed by atoms with Crippen LogP contribution in [0.2, 0.25) is 0 Å². The van der Waals surface area contributed by atoms with E-state index in [0.717, 1.165) is 16.8 Å². The number of nitrogens with zero attached hydrogens (tertiary/aromatic N) is 1. The number of aromatic nitrogens is 1. The Morgan fingerprint density at radius 1 is 0.935 bits per heavy atom. The van der Waals surface area contributed by atoms with Gasteiger partial charge in [0.05, 0.1) is 11.3 Å². The van der Waals surface area contributed by atoms with E-state index in [1.165, 1.54) is 42.0 Å². The van der Waals surface area contributed by atoms with Crippen molar-refractivity contribution in [2.45, 2.75) is 20.8 Å². The summed E-state index contributed by atoms with van der Waals surface area (Å²) < 4.78 is 0. The van der Waals surface area contributed by atoms with E-state index in [1.54, 1.807) is 0 Å². The van der Waals surface area contributed by atoms with Gasteiger partial charge in [0, 0.05) is 26.2 Å². The minimum atomic E-state index is -0.125. The molecule has 3 aromatic carbocycles. The molecule has 0 atom stereocenters. The molecule has 3 nitrogen and oxygen atoms in total. The molecule has 1 aromatic heterocycles. The molecule has 159 valence electrons. The van der Waals surface area contributed by atoms with Gasteiger partial charge in [0.15, 0.2) is 5.78 Å². The van der Waals surface area contributed by atoms with E-state index in [-0.39, 0.29) is 31.6 Å². The molecule has 4 heteroatoms. The Morgan fingerprint density at radius 3 is 2.19 bits per heavy atom. The first-order valence-electron chi connectivity index (χ1n) is 9.76. The number of pyridine rings is 1. The third-order valence-corrected chi connectivity index (χ3v) is 4.50. The number of carbonyl (C=O) groups excluding carboxylic acids is 1. The second kappa shape index (κ2) is 11.4. The number of hydrogen-bond acceptors (Lipinski definition) is 3. The van der Waals surface area contributed by atoms with Crippen LogP contribution in [0.5, 0.6) is 0 Å². The predicted octanol–water partition coefficient (Wildman–Crippen LogP) is 6.71. The third kappa shape index (κ3) is 6.71. The van der Waals surface area contributed by atoms with Crippen molar-refractivity contribution in [3.63, 3.8) is 0 Å². The Labute approximate surface area is 196 Å². The molecule has 0 amide bonds. The number of hydrogen-bond donors (Lipinski definition) is 1. The first kappa shape index (κ1) is 24.2. The molecule has 0 aliphatic rings. The summed E-state index contributed by atoms with van der Waals surface area (Å²) in [5.74, 6) is -0.0625. The molecule has 0 bridgehead atoms. The topological polar surface area (TPSA) is 50.2 Å². The summed E-state index contributed by atoms with van der Waals surface area (Å²) in [6, 6.07) is 30.5. The molecule has 1 heterocycles. The van der Waals surface area contributed by atoms with Crippen LogP contribution in [-0.4, -0.2) is 15.9 Å². The van der Waals surface area contributed by atoms with Crippen LogP contribution in [0.4, 0.5) is 0 Å². The zero-order chi connectivity index (χ0) is 21.5. The third-order valence-electron chi connectivity index (χ3n) is 4.50. The number of fused-ring (bicyclic) bond motifs is 1. The SMILES string of the molecule is CC(=O)C=C(C)O.Cc1cc2ccccc2nc1-c1[c-]cc(-c2ccccc2)cc1.[Ir]. The van der Waals surface area contributed by atoms with Crippen LogP contribution in [0.3, 0.4) is 0 Å². The Balaban J connectivity index is 0.000000373. The van der Waals surface area contributed by atoms with Gasteiger partial charge in [-0.05, 0) is 37.9 Å². The maximum atomic E-state index is 10.0. The first-order chi connectivity index (χ1) is 14.4. The van der Waals surface area contributed by atoms with Gasteiger partial charge in [0.25, 0.3) is 0 Å². The quantitative estimate of drug-likeness (QED) is 0.165. The number of aliphatic hydroxyl groups excluding tert-OH is 1. The van der Waals surface area contributed by atoms with Crippen molar-refractivity contribution in [1.82, 2.24) is 4.98 Å². The number of aryl methyl sites for hydroxylation is 1. The van der Waals surface area contributed by atoms with Crippen molar-refractivity contribution < 1.29 is 30.0 Å². The van der Waals surface area contributed by atoms with Crippen molar-refractivity contribution in [3.05, 3.63) is 102 Å². The molecule has 0 aliphatic heterocycles. The van der Waals surface area contributed by atoms with E-state index < -0.39 is 0 Å². The first-order valence-corrected chi connectivity index (χ1v) is 9.76. The van der Waals surface area contributed by atoms with Crippen molar-refractivity contribution in [2.75, 3.05) is 0 Å². The fourth-order valence-corrected chi connectivity index (χ4v) is 3.17. The molecule has 0 fully saturated rings. The maximum Gasteiger partial charge on any atom is 0.155 e. The van der Waals surface area contributed by atoms with Gasteiger partial charge in [-0.15, -0.1) is 29.8 Å². The summed E-state index contributed by atoms with van der Waals surface area (Å²) in [5, 5.41) is 9.54. The molecule has 0 saturated heterocycles. The smallest absolute Gasteiger partial charge is 0.155 e. The molecule has 1 radical (unpaired) electrons. The maximum absolute atomic E-state index is 10.0. The number of ketones is 1. The molecule has 4 aromatic rings. The van der Waals surface area contributed by atoms with Gasteiger partial charge in [-0.2, -0.15) is 0 Å². The predicted molar refractivity (Wildman–Crippen MR) is 123 cm³/mol. The summed E-state index contributed by atoms with van der Waals surface area (Å²) in [5.41, 5.74) is 6.61. The fourth-order valence-electron chi connectivity index (χ4n) is 3.17. The summed E-state index contributed by atoms with van der Waals surface area (Å²) in [4.78, 5) is 14.8. The van der Waals surface area contributed by atoms with E-state index in [9.17, 15) is 4.79 Å². The normalized spacial score (nSPS) is 10.6. The van der Waals surface area contributed by atoms with Crippen LogP contribution in [0.1, 0.15) is 19.4 Å². The number of rotatable bonds is 3. The number of allylic oxidation sites excluding steroid dienone is 2. The zero-order valence-corrected chi connectivity index (χ0v) is 20.1. The average molecular weight is 587 g/mol. The monoisotopic (exact) mass is 587 g/mol. The van der Waals surface area contributed by atoms with Crippen LogP contribution >= 0.6 is 0 Å². The Bertz CT molecular complexity index is 1180. The zero-order valence-electron chi connectivity index (χ0n) is 17.7. The van der Waals surface area contributed by atoms with Gasteiger partial charge >= 0.3 is 0 Å². The van der Waals surface area contributed by atoms with Gasteiger partial charge in [-0.1, -0.05) is 71.3 Å². The summed E-state index contributed by atoms with van der Waals surface area (Å²) in [6.45, 7) is 4.95.